The van der Waals surface area contributed by atoms with E-state index in [1.54, 1.807) is 6.07 Å². The molecule has 0 spiro atoms. The van der Waals surface area contributed by atoms with Crippen molar-refractivity contribution in [2.24, 2.45) is 5.73 Å². The van der Waals surface area contributed by atoms with Crippen LogP contribution in [-0.2, 0) is 20.7 Å². The number of aryl methyl sites for hydroxylation is 1. The quantitative estimate of drug-likeness (QED) is 0.186. The highest BCUT2D eigenvalue weighted by Crippen LogP contribution is 2.21. The van der Waals surface area contributed by atoms with Gasteiger partial charge in [-0.05, 0) is 30.9 Å². The molecule has 32 heavy (non-hydrogen) atoms. The number of ether oxygens (including phenoxy) is 2. The van der Waals surface area contributed by atoms with Crippen LogP contribution in [0.15, 0.2) is 18.2 Å². The highest BCUT2D eigenvalue weighted by Gasteiger charge is 2.24. The number of benzene rings is 1. The van der Waals surface area contributed by atoms with Crippen LogP contribution in [0.5, 0.6) is 0 Å². The summed E-state index contributed by atoms with van der Waals surface area (Å²) < 4.78 is 10.3. The van der Waals surface area contributed by atoms with Crippen molar-refractivity contribution in [3.63, 3.8) is 0 Å². The fraction of sp³-hybridized carbons (Fsp3) is 0.654. The Labute approximate surface area is 193 Å². The second-order valence-electron chi connectivity index (χ2n) is 8.23. The van der Waals surface area contributed by atoms with Crippen molar-refractivity contribution in [1.29, 1.82) is 0 Å². The molecule has 0 amide bonds. The largest absolute Gasteiger partial charge is 0.462 e. The lowest BCUT2D eigenvalue weighted by Crippen LogP contribution is -2.23. The van der Waals surface area contributed by atoms with Crippen molar-refractivity contribution >= 4 is 17.9 Å². The van der Waals surface area contributed by atoms with Gasteiger partial charge in [0.25, 0.3) is 0 Å². The molecular formula is C26H41NO5. The van der Waals surface area contributed by atoms with Crippen molar-refractivity contribution < 1.29 is 23.9 Å². The zero-order chi connectivity index (χ0) is 23.6. The van der Waals surface area contributed by atoms with Gasteiger partial charge in [0.2, 0.25) is 0 Å². The predicted molar refractivity (Wildman–Crippen MR) is 127 cm³/mol. The van der Waals surface area contributed by atoms with Crippen molar-refractivity contribution in [2.45, 2.75) is 97.3 Å². The van der Waals surface area contributed by atoms with Crippen LogP contribution >= 0.6 is 0 Å². The van der Waals surface area contributed by atoms with Crippen LogP contribution in [0.4, 0.5) is 0 Å². The van der Waals surface area contributed by atoms with E-state index in [-0.39, 0.29) is 11.1 Å². The highest BCUT2D eigenvalue weighted by molar-refractivity contribution is 6.06. The fourth-order valence-electron chi connectivity index (χ4n) is 3.63. The number of rotatable bonds is 17. The second-order valence-corrected chi connectivity index (χ2v) is 8.23. The molecule has 0 fully saturated rings. The smallest absolute Gasteiger partial charge is 0.346 e. The Morgan fingerprint density at radius 3 is 2.00 bits per heavy atom. The van der Waals surface area contributed by atoms with Gasteiger partial charge in [0, 0.05) is 0 Å². The maximum Gasteiger partial charge on any atom is 0.346 e. The number of hydrogen-bond acceptors (Lipinski definition) is 6. The van der Waals surface area contributed by atoms with E-state index in [1.165, 1.54) is 44.6 Å². The maximum atomic E-state index is 12.9. The topological polar surface area (TPSA) is 95.7 Å². The molecule has 1 aromatic rings. The van der Waals surface area contributed by atoms with E-state index in [4.69, 9.17) is 15.2 Å². The summed E-state index contributed by atoms with van der Waals surface area (Å²) in [6, 6.07) is 5.05. The summed E-state index contributed by atoms with van der Waals surface area (Å²) in [6.45, 7) is 4.27. The lowest BCUT2D eigenvalue weighted by molar-refractivity contribution is -0.136. The van der Waals surface area contributed by atoms with Crippen LogP contribution in [0, 0.1) is 0 Å². The molecule has 0 radical (unpaired) electrons. The molecule has 0 aliphatic heterocycles. The van der Waals surface area contributed by atoms with Gasteiger partial charge in [-0.1, -0.05) is 90.2 Å². The van der Waals surface area contributed by atoms with Crippen LogP contribution < -0.4 is 5.73 Å². The maximum absolute atomic E-state index is 12.9. The summed E-state index contributed by atoms with van der Waals surface area (Å²) in [4.78, 5) is 36.9. The molecule has 0 heterocycles. The Morgan fingerprint density at radius 1 is 0.781 bits per heavy atom. The Morgan fingerprint density at radius 2 is 1.38 bits per heavy atom. The molecule has 6 nitrogen and oxygen atoms in total. The second kappa shape index (κ2) is 17.4. The minimum Gasteiger partial charge on any atom is -0.462 e. The molecule has 0 bridgehead atoms. The first-order chi connectivity index (χ1) is 15.5. The van der Waals surface area contributed by atoms with Gasteiger partial charge in [-0.25, -0.2) is 9.59 Å². The van der Waals surface area contributed by atoms with E-state index in [1.807, 2.05) is 6.07 Å². The SMILES string of the molecule is CCCCCCCCOC(=O)c1c(CCCCCCCC)cccc1C(=O)OC(=O)CN. The minimum atomic E-state index is -0.864. The van der Waals surface area contributed by atoms with Gasteiger partial charge >= 0.3 is 17.9 Å². The fourth-order valence-corrected chi connectivity index (χ4v) is 3.63. The lowest BCUT2D eigenvalue weighted by atomic mass is 9.96. The van der Waals surface area contributed by atoms with Crippen LogP contribution in [0.3, 0.4) is 0 Å². The van der Waals surface area contributed by atoms with E-state index in [0.29, 0.717) is 13.0 Å². The lowest BCUT2D eigenvalue weighted by Gasteiger charge is -2.14. The monoisotopic (exact) mass is 447 g/mol. The number of esters is 3. The zero-order valence-electron chi connectivity index (χ0n) is 20.0. The van der Waals surface area contributed by atoms with Crippen LogP contribution in [-0.4, -0.2) is 31.1 Å². The highest BCUT2D eigenvalue weighted by atomic mass is 16.6. The molecule has 6 heteroatoms. The third kappa shape index (κ3) is 10.9. The van der Waals surface area contributed by atoms with E-state index in [9.17, 15) is 14.4 Å². The molecule has 180 valence electrons. The third-order valence-electron chi connectivity index (χ3n) is 5.48. The summed E-state index contributed by atoms with van der Waals surface area (Å²) in [6.07, 6.45) is 14.0. The molecule has 0 aromatic heterocycles. The number of carbonyl (C=O) groups excluding carboxylic acids is 3. The first kappa shape index (κ1) is 27.8. The molecule has 1 aromatic carbocycles. The van der Waals surface area contributed by atoms with Crippen LogP contribution in [0.2, 0.25) is 0 Å². The van der Waals surface area contributed by atoms with Gasteiger partial charge < -0.3 is 15.2 Å². The Kier molecular flexibility index (Phi) is 15.1. The van der Waals surface area contributed by atoms with Gasteiger partial charge in [-0.15, -0.1) is 0 Å². The number of nitrogens with two attached hydrogens (primary N) is 1. The van der Waals surface area contributed by atoms with E-state index >= 15 is 0 Å². The Balaban J connectivity index is 2.82. The average molecular weight is 448 g/mol. The number of carbonyl (C=O) groups is 3. The summed E-state index contributed by atoms with van der Waals surface area (Å²) in [5.74, 6) is -2.23. The van der Waals surface area contributed by atoms with Gasteiger partial charge in [-0.2, -0.15) is 0 Å². The van der Waals surface area contributed by atoms with Crippen LogP contribution in [0.25, 0.3) is 0 Å². The zero-order valence-corrected chi connectivity index (χ0v) is 20.0. The number of hydrogen-bond donors (Lipinski definition) is 1. The molecule has 1 rings (SSSR count). The standard InChI is InChI=1S/C26H41NO5/c1-3-5-7-9-11-13-16-21-17-15-18-22(25(29)32-23(28)20-27)24(21)26(30)31-19-14-12-10-8-6-4-2/h15,17-18H,3-14,16,19-20,27H2,1-2H3. The van der Waals surface area contributed by atoms with Crippen molar-refractivity contribution in [3.05, 3.63) is 34.9 Å². The molecule has 0 saturated heterocycles. The average Bonchev–Trinajstić information content (AvgIpc) is 2.80. The van der Waals surface area contributed by atoms with Crippen LogP contribution in [0.1, 0.15) is 117 Å². The Bertz CT molecular complexity index is 701. The summed E-state index contributed by atoms with van der Waals surface area (Å²) in [5, 5.41) is 0. The minimum absolute atomic E-state index is 0.0585. The summed E-state index contributed by atoms with van der Waals surface area (Å²) >= 11 is 0. The van der Waals surface area contributed by atoms with Crippen molar-refractivity contribution in [2.75, 3.05) is 13.2 Å². The molecule has 0 aliphatic carbocycles. The summed E-state index contributed by atoms with van der Waals surface area (Å²) in [7, 11) is 0. The normalized spacial score (nSPS) is 10.7. The molecule has 0 saturated carbocycles. The molecule has 0 unspecified atom stereocenters. The number of unbranched alkanes of at least 4 members (excludes halogenated alkanes) is 10. The van der Waals surface area contributed by atoms with Crippen molar-refractivity contribution in [1.82, 2.24) is 0 Å². The first-order valence-electron chi connectivity index (χ1n) is 12.3. The van der Waals surface area contributed by atoms with Crippen molar-refractivity contribution in [3.8, 4) is 0 Å². The molecule has 0 aliphatic rings. The molecule has 0 atom stereocenters. The predicted octanol–water partition coefficient (Wildman–Crippen LogP) is 5.75. The van der Waals surface area contributed by atoms with Gasteiger partial charge in [-0.3, -0.25) is 4.79 Å². The van der Waals surface area contributed by atoms with E-state index in [2.05, 4.69) is 13.8 Å². The first-order valence-corrected chi connectivity index (χ1v) is 12.3. The van der Waals surface area contributed by atoms with Gasteiger partial charge in [0.15, 0.2) is 0 Å². The molecule has 2 N–H and O–H groups in total. The van der Waals surface area contributed by atoms with Gasteiger partial charge in [0.05, 0.1) is 24.3 Å². The van der Waals surface area contributed by atoms with E-state index < -0.39 is 24.5 Å². The third-order valence-corrected chi connectivity index (χ3v) is 5.48. The van der Waals surface area contributed by atoms with Gasteiger partial charge in [0.1, 0.15) is 0 Å². The molecular weight excluding hydrogens is 406 g/mol. The summed E-state index contributed by atoms with van der Waals surface area (Å²) in [5.41, 5.74) is 6.27. The van der Waals surface area contributed by atoms with E-state index in [0.717, 1.165) is 44.1 Å². The Hall–Kier alpha value is -2.21.